The van der Waals surface area contributed by atoms with Crippen LogP contribution >= 0.6 is 0 Å². The van der Waals surface area contributed by atoms with Crippen molar-refractivity contribution in [2.75, 3.05) is 26.2 Å². The molecular formula is C11H24N2O3. The minimum Gasteiger partial charge on any atom is -0.478 e. The highest BCUT2D eigenvalue weighted by Gasteiger charge is 1.87. The van der Waals surface area contributed by atoms with Crippen molar-refractivity contribution >= 4 is 5.97 Å². The standard InChI is InChI=1S/C8H20N2O.C3H4O2/c9-5-3-1-2-4-6-10-7-8-11;1-2-3(4)5/h10-11H,1-9H2;2H,1H2,(H,4,5). The predicted octanol–water partition coefficient (Wildman–Crippen LogP) is 0.344. The zero-order chi connectivity index (χ0) is 12.6. The maximum Gasteiger partial charge on any atom is 0.327 e. The molecule has 0 aromatic heterocycles. The summed E-state index contributed by atoms with van der Waals surface area (Å²) in [5.41, 5.74) is 5.34. The fourth-order valence-corrected chi connectivity index (χ4v) is 0.952. The number of carbonyl (C=O) groups is 1. The summed E-state index contributed by atoms with van der Waals surface area (Å²) in [4.78, 5) is 9.25. The second-order valence-electron chi connectivity index (χ2n) is 3.22. The van der Waals surface area contributed by atoms with Gasteiger partial charge in [0.15, 0.2) is 0 Å². The molecule has 0 aliphatic heterocycles. The van der Waals surface area contributed by atoms with Gasteiger partial charge < -0.3 is 21.3 Å². The first-order valence-electron chi connectivity index (χ1n) is 5.56. The Bertz CT molecular complexity index is 155. The van der Waals surface area contributed by atoms with E-state index in [9.17, 15) is 4.79 Å². The number of nitrogens with two attached hydrogens (primary N) is 1. The monoisotopic (exact) mass is 232 g/mol. The van der Waals surface area contributed by atoms with Crippen molar-refractivity contribution in [3.05, 3.63) is 12.7 Å². The minimum atomic E-state index is -0.981. The van der Waals surface area contributed by atoms with E-state index < -0.39 is 5.97 Å². The molecule has 5 N–H and O–H groups in total. The molecule has 5 heteroatoms. The van der Waals surface area contributed by atoms with Gasteiger partial charge in [-0.1, -0.05) is 19.4 Å². The molecule has 16 heavy (non-hydrogen) atoms. The van der Waals surface area contributed by atoms with E-state index >= 15 is 0 Å². The third-order valence-electron chi connectivity index (χ3n) is 1.77. The Hall–Kier alpha value is -0.910. The first-order valence-corrected chi connectivity index (χ1v) is 5.56. The van der Waals surface area contributed by atoms with Crippen molar-refractivity contribution in [3.63, 3.8) is 0 Å². The molecular weight excluding hydrogens is 208 g/mol. The van der Waals surface area contributed by atoms with E-state index in [4.69, 9.17) is 15.9 Å². The van der Waals surface area contributed by atoms with E-state index in [1.807, 2.05) is 0 Å². The maximum atomic E-state index is 9.25. The van der Waals surface area contributed by atoms with Crippen molar-refractivity contribution < 1.29 is 15.0 Å². The second kappa shape index (κ2) is 16.5. The number of aliphatic hydroxyl groups excluding tert-OH is 1. The van der Waals surface area contributed by atoms with Gasteiger partial charge in [0.2, 0.25) is 0 Å². The average Bonchev–Trinajstić information content (AvgIpc) is 2.29. The Labute approximate surface area is 97.3 Å². The van der Waals surface area contributed by atoms with Gasteiger partial charge in [0.25, 0.3) is 0 Å². The molecule has 96 valence electrons. The lowest BCUT2D eigenvalue weighted by Gasteiger charge is -2.01. The molecule has 0 rings (SSSR count). The van der Waals surface area contributed by atoms with E-state index in [1.165, 1.54) is 19.3 Å². The van der Waals surface area contributed by atoms with Crippen LogP contribution in [-0.2, 0) is 4.79 Å². The molecule has 0 saturated heterocycles. The molecule has 0 radical (unpaired) electrons. The number of nitrogens with one attached hydrogen (secondary N) is 1. The summed E-state index contributed by atoms with van der Waals surface area (Å²) in [5.74, 6) is -0.981. The van der Waals surface area contributed by atoms with Crippen LogP contribution in [0.2, 0.25) is 0 Å². The summed E-state index contributed by atoms with van der Waals surface area (Å²) in [7, 11) is 0. The average molecular weight is 232 g/mol. The minimum absolute atomic E-state index is 0.239. The number of hydrogen-bond donors (Lipinski definition) is 4. The number of aliphatic carboxylic acids is 1. The summed E-state index contributed by atoms with van der Waals surface area (Å²) in [6.45, 7) is 5.75. The van der Waals surface area contributed by atoms with Crippen LogP contribution in [0.4, 0.5) is 0 Å². The van der Waals surface area contributed by atoms with Gasteiger partial charge in [-0.15, -0.1) is 0 Å². The predicted molar refractivity (Wildman–Crippen MR) is 65.3 cm³/mol. The number of carboxylic acid groups (broad SMARTS) is 1. The molecule has 0 aromatic rings. The third-order valence-corrected chi connectivity index (χ3v) is 1.77. The fourth-order valence-electron chi connectivity index (χ4n) is 0.952. The van der Waals surface area contributed by atoms with Gasteiger partial charge in [0.1, 0.15) is 0 Å². The van der Waals surface area contributed by atoms with E-state index in [0.717, 1.165) is 32.1 Å². The Balaban J connectivity index is 0. The molecule has 0 aliphatic carbocycles. The van der Waals surface area contributed by atoms with Gasteiger partial charge >= 0.3 is 5.97 Å². The molecule has 0 atom stereocenters. The van der Waals surface area contributed by atoms with Gasteiger partial charge in [0, 0.05) is 12.6 Å². The molecule has 0 unspecified atom stereocenters. The quantitative estimate of drug-likeness (QED) is 0.340. The van der Waals surface area contributed by atoms with Crippen LogP contribution in [-0.4, -0.2) is 42.4 Å². The lowest BCUT2D eigenvalue weighted by atomic mass is 10.2. The Morgan fingerprint density at radius 2 is 1.81 bits per heavy atom. The molecule has 5 nitrogen and oxygen atoms in total. The van der Waals surface area contributed by atoms with Crippen LogP contribution in [0.15, 0.2) is 12.7 Å². The van der Waals surface area contributed by atoms with Crippen molar-refractivity contribution in [2.24, 2.45) is 5.73 Å². The summed E-state index contributed by atoms with van der Waals surface area (Å²) in [6, 6.07) is 0. The van der Waals surface area contributed by atoms with Crippen LogP contribution in [0.5, 0.6) is 0 Å². The van der Waals surface area contributed by atoms with Crippen LogP contribution in [0.1, 0.15) is 25.7 Å². The molecule has 0 amide bonds. The SMILES string of the molecule is C=CC(=O)O.NCCCCCCNCCO. The van der Waals surface area contributed by atoms with Crippen LogP contribution in [0, 0.1) is 0 Å². The highest BCUT2D eigenvalue weighted by molar-refractivity contribution is 5.78. The lowest BCUT2D eigenvalue weighted by molar-refractivity contribution is -0.131. The Morgan fingerprint density at radius 3 is 2.25 bits per heavy atom. The summed E-state index contributed by atoms with van der Waals surface area (Å²) in [6.07, 6.45) is 5.65. The zero-order valence-corrected chi connectivity index (χ0v) is 9.82. The highest BCUT2D eigenvalue weighted by atomic mass is 16.4. The van der Waals surface area contributed by atoms with E-state index in [-0.39, 0.29) is 6.61 Å². The summed E-state index contributed by atoms with van der Waals surface area (Å²) < 4.78 is 0. The molecule has 0 bridgehead atoms. The number of unbranched alkanes of at least 4 members (excludes halogenated alkanes) is 3. The normalized spacial score (nSPS) is 9.12. The van der Waals surface area contributed by atoms with Gasteiger partial charge in [-0.2, -0.15) is 0 Å². The fraction of sp³-hybridized carbons (Fsp3) is 0.727. The first kappa shape index (κ1) is 17.5. The molecule has 0 saturated carbocycles. The third kappa shape index (κ3) is 23.2. The van der Waals surface area contributed by atoms with Gasteiger partial charge in [-0.05, 0) is 25.9 Å². The van der Waals surface area contributed by atoms with Crippen LogP contribution in [0.3, 0.4) is 0 Å². The summed E-state index contributed by atoms with van der Waals surface area (Å²) in [5, 5.41) is 19.2. The van der Waals surface area contributed by atoms with Crippen molar-refractivity contribution in [1.29, 1.82) is 0 Å². The van der Waals surface area contributed by atoms with Crippen molar-refractivity contribution in [3.8, 4) is 0 Å². The zero-order valence-electron chi connectivity index (χ0n) is 9.82. The Kier molecular flexibility index (Phi) is 18.0. The summed E-state index contributed by atoms with van der Waals surface area (Å²) >= 11 is 0. The number of carboxylic acids is 1. The number of hydrogen-bond acceptors (Lipinski definition) is 4. The molecule has 0 aliphatic rings. The largest absolute Gasteiger partial charge is 0.478 e. The smallest absolute Gasteiger partial charge is 0.327 e. The maximum absolute atomic E-state index is 9.25. The number of aliphatic hydroxyl groups is 1. The molecule has 0 heterocycles. The van der Waals surface area contributed by atoms with Crippen molar-refractivity contribution in [1.82, 2.24) is 5.32 Å². The molecule has 0 fully saturated rings. The Morgan fingerprint density at radius 1 is 1.25 bits per heavy atom. The van der Waals surface area contributed by atoms with Gasteiger partial charge in [-0.3, -0.25) is 0 Å². The van der Waals surface area contributed by atoms with E-state index in [0.29, 0.717) is 0 Å². The first-order chi connectivity index (χ1) is 7.68. The van der Waals surface area contributed by atoms with Gasteiger partial charge in [0.05, 0.1) is 6.61 Å². The van der Waals surface area contributed by atoms with E-state index in [2.05, 4.69) is 11.9 Å². The lowest BCUT2D eigenvalue weighted by Crippen LogP contribution is -2.19. The van der Waals surface area contributed by atoms with Crippen LogP contribution in [0.25, 0.3) is 0 Å². The van der Waals surface area contributed by atoms with Crippen LogP contribution < -0.4 is 11.1 Å². The molecule has 0 spiro atoms. The van der Waals surface area contributed by atoms with E-state index in [1.54, 1.807) is 0 Å². The number of rotatable bonds is 9. The topological polar surface area (TPSA) is 95.6 Å². The van der Waals surface area contributed by atoms with Crippen molar-refractivity contribution in [2.45, 2.75) is 25.7 Å². The van der Waals surface area contributed by atoms with Gasteiger partial charge in [-0.25, -0.2) is 4.79 Å². The molecule has 0 aromatic carbocycles. The highest BCUT2D eigenvalue weighted by Crippen LogP contribution is 1.96. The second-order valence-corrected chi connectivity index (χ2v) is 3.22.